The van der Waals surface area contributed by atoms with Gasteiger partial charge in [-0.15, -0.1) is 0 Å². The number of alkyl halides is 2. The van der Waals surface area contributed by atoms with E-state index in [-0.39, 0.29) is 11.7 Å². The van der Waals surface area contributed by atoms with E-state index in [2.05, 4.69) is 9.84 Å². The summed E-state index contributed by atoms with van der Waals surface area (Å²) in [5, 5.41) is 10.5. The van der Waals surface area contributed by atoms with Gasteiger partial charge < -0.3 is 4.74 Å². The SMILES string of the molecule is CC1=NN(c2ccccc2)C(=O)/C1=C\c1cn(-c2ccccc2)nc1-c1ccc(OC(F)F)cc1. The number of hydrogen-bond acceptors (Lipinski definition) is 4. The Morgan fingerprint density at radius 3 is 2.14 bits per heavy atom. The van der Waals surface area contributed by atoms with Crippen molar-refractivity contribution in [1.82, 2.24) is 9.78 Å². The second-order valence-corrected chi connectivity index (χ2v) is 7.81. The van der Waals surface area contributed by atoms with E-state index in [4.69, 9.17) is 5.10 Å². The summed E-state index contributed by atoms with van der Waals surface area (Å²) in [5.74, 6) is -0.189. The summed E-state index contributed by atoms with van der Waals surface area (Å²) in [6.07, 6.45) is 3.59. The van der Waals surface area contributed by atoms with Crippen LogP contribution in [-0.4, -0.2) is 28.0 Å². The van der Waals surface area contributed by atoms with Crippen molar-refractivity contribution < 1.29 is 18.3 Å². The quantitative estimate of drug-likeness (QED) is 0.328. The molecule has 1 aliphatic heterocycles. The molecule has 0 aliphatic carbocycles. The molecule has 0 spiro atoms. The van der Waals surface area contributed by atoms with E-state index < -0.39 is 6.61 Å². The Kier molecular flexibility index (Phi) is 5.93. The number of carbonyl (C=O) groups is 1. The molecule has 0 unspecified atom stereocenters. The van der Waals surface area contributed by atoms with E-state index in [0.29, 0.717) is 33.8 Å². The first-order valence-corrected chi connectivity index (χ1v) is 10.9. The number of halogens is 2. The van der Waals surface area contributed by atoms with Gasteiger partial charge in [0.05, 0.1) is 28.4 Å². The fourth-order valence-corrected chi connectivity index (χ4v) is 3.81. The van der Waals surface area contributed by atoms with Crippen LogP contribution in [0.4, 0.5) is 14.5 Å². The van der Waals surface area contributed by atoms with Crippen molar-refractivity contribution >= 4 is 23.4 Å². The fraction of sp³-hybridized carbons (Fsp3) is 0.0741. The lowest BCUT2D eigenvalue weighted by molar-refractivity contribution is -0.114. The number of hydrogen-bond donors (Lipinski definition) is 0. The predicted octanol–water partition coefficient (Wildman–Crippen LogP) is 5.95. The highest BCUT2D eigenvalue weighted by Gasteiger charge is 2.29. The van der Waals surface area contributed by atoms with Crippen molar-refractivity contribution in [2.45, 2.75) is 13.5 Å². The molecule has 8 heteroatoms. The van der Waals surface area contributed by atoms with E-state index >= 15 is 0 Å². The zero-order valence-corrected chi connectivity index (χ0v) is 18.7. The number of para-hydroxylation sites is 2. The highest BCUT2D eigenvalue weighted by Crippen LogP contribution is 2.30. The largest absolute Gasteiger partial charge is 0.435 e. The highest BCUT2D eigenvalue weighted by atomic mass is 19.3. The van der Waals surface area contributed by atoms with Crippen LogP contribution in [0.25, 0.3) is 23.0 Å². The molecule has 5 rings (SSSR count). The molecular weight excluding hydrogens is 450 g/mol. The maximum atomic E-state index is 13.2. The summed E-state index contributed by atoms with van der Waals surface area (Å²) in [6, 6.07) is 25.0. The summed E-state index contributed by atoms with van der Waals surface area (Å²) in [7, 11) is 0. The third-order valence-corrected chi connectivity index (χ3v) is 5.48. The van der Waals surface area contributed by atoms with Crippen LogP contribution < -0.4 is 9.75 Å². The number of rotatable bonds is 6. The maximum absolute atomic E-state index is 13.2. The van der Waals surface area contributed by atoms with Crippen molar-refractivity contribution in [3.8, 4) is 22.7 Å². The highest BCUT2D eigenvalue weighted by molar-refractivity contribution is 6.32. The van der Waals surface area contributed by atoms with Gasteiger partial charge in [-0.3, -0.25) is 4.79 Å². The second kappa shape index (κ2) is 9.34. The molecule has 35 heavy (non-hydrogen) atoms. The lowest BCUT2D eigenvalue weighted by Gasteiger charge is -2.11. The van der Waals surface area contributed by atoms with Crippen LogP contribution in [0.3, 0.4) is 0 Å². The van der Waals surface area contributed by atoms with E-state index in [1.807, 2.05) is 66.9 Å². The molecule has 0 saturated heterocycles. The van der Waals surface area contributed by atoms with Crippen molar-refractivity contribution in [2.24, 2.45) is 5.10 Å². The van der Waals surface area contributed by atoms with Crippen molar-refractivity contribution in [3.63, 3.8) is 0 Å². The Bertz CT molecular complexity index is 1410. The minimum Gasteiger partial charge on any atom is -0.435 e. The van der Waals surface area contributed by atoms with Gasteiger partial charge in [-0.25, -0.2) is 4.68 Å². The molecule has 0 radical (unpaired) electrons. The summed E-state index contributed by atoms with van der Waals surface area (Å²) < 4.78 is 31.3. The van der Waals surface area contributed by atoms with E-state index in [1.54, 1.807) is 29.8 Å². The van der Waals surface area contributed by atoms with Crippen LogP contribution in [0.5, 0.6) is 5.75 Å². The molecule has 6 nitrogen and oxygen atoms in total. The lowest BCUT2D eigenvalue weighted by atomic mass is 10.0. The van der Waals surface area contributed by atoms with Crippen LogP contribution in [0.2, 0.25) is 0 Å². The minimum absolute atomic E-state index is 0.0543. The van der Waals surface area contributed by atoms with Crippen molar-refractivity contribution in [2.75, 3.05) is 5.01 Å². The Morgan fingerprint density at radius 2 is 1.51 bits per heavy atom. The monoisotopic (exact) mass is 470 g/mol. The van der Waals surface area contributed by atoms with E-state index in [1.165, 1.54) is 17.1 Å². The number of ether oxygens (including phenoxy) is 1. The molecule has 3 aromatic carbocycles. The average Bonchev–Trinajstić information content (AvgIpc) is 3.42. The molecule has 0 fully saturated rings. The Hall–Kier alpha value is -4.59. The van der Waals surface area contributed by atoms with Crippen molar-refractivity contribution in [3.05, 3.63) is 102 Å². The molecule has 0 N–H and O–H groups in total. The first-order chi connectivity index (χ1) is 17.0. The number of nitrogens with zero attached hydrogens (tertiary/aromatic N) is 4. The molecular formula is C27H20F2N4O2. The van der Waals surface area contributed by atoms with Gasteiger partial charge in [0.2, 0.25) is 0 Å². The first-order valence-electron chi connectivity index (χ1n) is 10.9. The number of carbonyl (C=O) groups excluding carboxylic acids is 1. The lowest BCUT2D eigenvalue weighted by Crippen LogP contribution is -2.21. The predicted molar refractivity (Wildman–Crippen MR) is 131 cm³/mol. The minimum atomic E-state index is -2.90. The molecule has 174 valence electrons. The molecule has 2 heterocycles. The van der Waals surface area contributed by atoms with Crippen LogP contribution in [0.1, 0.15) is 12.5 Å². The Morgan fingerprint density at radius 1 is 0.886 bits per heavy atom. The zero-order valence-electron chi connectivity index (χ0n) is 18.7. The third kappa shape index (κ3) is 4.59. The summed E-state index contributed by atoms with van der Waals surface area (Å²) in [5.41, 5.74) is 4.50. The van der Waals surface area contributed by atoms with Gasteiger partial charge in [-0.05, 0) is 61.5 Å². The molecule has 0 bridgehead atoms. The molecule has 1 aliphatic rings. The third-order valence-electron chi connectivity index (χ3n) is 5.48. The van der Waals surface area contributed by atoms with Crippen LogP contribution in [0, 0.1) is 0 Å². The number of amides is 1. The van der Waals surface area contributed by atoms with Crippen molar-refractivity contribution in [1.29, 1.82) is 0 Å². The Balaban J connectivity index is 1.56. The smallest absolute Gasteiger partial charge is 0.387 e. The Labute approximate surface area is 200 Å². The molecule has 0 saturated carbocycles. The van der Waals surface area contributed by atoms with Gasteiger partial charge in [0.25, 0.3) is 5.91 Å². The zero-order chi connectivity index (χ0) is 24.4. The number of hydrazone groups is 1. The maximum Gasteiger partial charge on any atom is 0.387 e. The molecule has 1 aromatic heterocycles. The second-order valence-electron chi connectivity index (χ2n) is 7.81. The number of anilines is 1. The van der Waals surface area contributed by atoms with Crippen LogP contribution in [-0.2, 0) is 4.79 Å². The van der Waals surface area contributed by atoms with Crippen LogP contribution in [0.15, 0.2) is 102 Å². The molecule has 4 aromatic rings. The first kappa shape index (κ1) is 22.2. The fourth-order valence-electron chi connectivity index (χ4n) is 3.81. The summed E-state index contributed by atoms with van der Waals surface area (Å²) in [6.45, 7) is -1.12. The molecule has 1 amide bonds. The topological polar surface area (TPSA) is 59.7 Å². The van der Waals surface area contributed by atoms with Gasteiger partial charge in [-0.2, -0.15) is 24.0 Å². The van der Waals surface area contributed by atoms with E-state index in [9.17, 15) is 13.6 Å². The van der Waals surface area contributed by atoms with Gasteiger partial charge in [0, 0.05) is 17.3 Å². The standard InChI is InChI=1S/C27H20F2N4O2/c1-18-24(26(34)33(30-18)22-10-6-3-7-11-22)16-20-17-32(21-8-4-2-5-9-21)31-25(20)19-12-14-23(15-13-19)35-27(28)29/h2-17,27H,1H3/b24-16-. The summed E-state index contributed by atoms with van der Waals surface area (Å²) in [4.78, 5) is 13.2. The normalized spacial score (nSPS) is 14.6. The number of aromatic nitrogens is 2. The van der Waals surface area contributed by atoms with E-state index in [0.717, 1.165) is 5.69 Å². The number of benzene rings is 3. The average molecular weight is 470 g/mol. The van der Waals surface area contributed by atoms with Gasteiger partial charge in [0.1, 0.15) is 5.75 Å². The van der Waals surface area contributed by atoms with Crippen LogP contribution >= 0.6 is 0 Å². The van der Waals surface area contributed by atoms with Gasteiger partial charge in [-0.1, -0.05) is 36.4 Å². The van der Waals surface area contributed by atoms with Gasteiger partial charge in [0.15, 0.2) is 0 Å². The summed E-state index contributed by atoms with van der Waals surface area (Å²) >= 11 is 0. The van der Waals surface area contributed by atoms with Gasteiger partial charge >= 0.3 is 6.61 Å². The molecule has 0 atom stereocenters.